The molecule has 2 aromatic heterocycles. The predicted molar refractivity (Wildman–Crippen MR) is 75.3 cm³/mol. The number of hydrogen-bond acceptors (Lipinski definition) is 6. The number of aromatic nitrogens is 2. The van der Waals surface area contributed by atoms with Gasteiger partial charge in [0.25, 0.3) is 0 Å². The van der Waals surface area contributed by atoms with Crippen molar-refractivity contribution in [2.45, 2.75) is 12.5 Å². The van der Waals surface area contributed by atoms with Gasteiger partial charge in [-0.05, 0) is 24.1 Å². The third kappa shape index (κ3) is 3.23. The lowest BCUT2D eigenvalue weighted by molar-refractivity contribution is 0.392. The van der Waals surface area contributed by atoms with Crippen LogP contribution in [0, 0.1) is 0 Å². The van der Waals surface area contributed by atoms with Gasteiger partial charge in [0, 0.05) is 18.5 Å². The lowest BCUT2D eigenvalue weighted by Gasteiger charge is -2.17. The second-order valence-electron chi connectivity index (χ2n) is 4.22. The highest BCUT2D eigenvalue weighted by Crippen LogP contribution is 2.24. The second-order valence-corrected chi connectivity index (χ2v) is 4.22. The van der Waals surface area contributed by atoms with Gasteiger partial charge in [-0.1, -0.05) is 6.07 Å². The van der Waals surface area contributed by atoms with Crippen LogP contribution in [-0.2, 0) is 6.42 Å². The third-order valence-corrected chi connectivity index (χ3v) is 3.00. The highest BCUT2D eigenvalue weighted by atomic mass is 16.5. The number of methoxy groups -OCH3 is 2. The minimum absolute atomic E-state index is 0.152. The predicted octanol–water partition coefficient (Wildman–Crippen LogP) is 1.24. The Labute approximate surface area is 117 Å². The van der Waals surface area contributed by atoms with E-state index in [0.717, 1.165) is 11.3 Å². The molecule has 0 saturated carbocycles. The second kappa shape index (κ2) is 6.83. The van der Waals surface area contributed by atoms with Crippen LogP contribution in [0.4, 0.5) is 0 Å². The van der Waals surface area contributed by atoms with Gasteiger partial charge in [-0.2, -0.15) is 0 Å². The van der Waals surface area contributed by atoms with Crippen LogP contribution >= 0.6 is 0 Å². The molecule has 6 heteroatoms. The maximum Gasteiger partial charge on any atom is 0.212 e. The molecule has 106 valence electrons. The Morgan fingerprint density at radius 2 is 2.05 bits per heavy atom. The number of hydrogen-bond donors (Lipinski definition) is 2. The standard InChI is InChI=1S/C14H18N4O2/c1-19-12-4-3-7-16-14(12)11(18-15)8-10-5-6-13(20-2)17-9-10/h3-7,9,11,18H,8,15H2,1-2H3. The van der Waals surface area contributed by atoms with Crippen LogP contribution in [0.5, 0.6) is 11.6 Å². The Hall–Kier alpha value is -2.18. The highest BCUT2D eigenvalue weighted by molar-refractivity contribution is 5.31. The van der Waals surface area contributed by atoms with Gasteiger partial charge in [0.1, 0.15) is 11.4 Å². The number of nitrogens with one attached hydrogen (secondary N) is 1. The zero-order valence-corrected chi connectivity index (χ0v) is 11.5. The van der Waals surface area contributed by atoms with Crippen molar-refractivity contribution < 1.29 is 9.47 Å². The molecule has 0 aliphatic heterocycles. The Kier molecular flexibility index (Phi) is 4.86. The summed E-state index contributed by atoms with van der Waals surface area (Å²) in [6.07, 6.45) is 4.13. The number of nitrogens with two attached hydrogens (primary N) is 1. The Balaban J connectivity index is 2.19. The molecular formula is C14H18N4O2. The minimum Gasteiger partial charge on any atom is -0.495 e. The number of rotatable bonds is 6. The molecule has 2 heterocycles. The summed E-state index contributed by atoms with van der Waals surface area (Å²) in [5, 5.41) is 0. The maximum atomic E-state index is 5.64. The number of nitrogens with zero attached hydrogens (tertiary/aromatic N) is 2. The first kappa shape index (κ1) is 14.2. The average molecular weight is 274 g/mol. The summed E-state index contributed by atoms with van der Waals surface area (Å²) in [4.78, 5) is 8.52. The minimum atomic E-state index is -0.152. The van der Waals surface area contributed by atoms with Gasteiger partial charge in [0.2, 0.25) is 5.88 Å². The van der Waals surface area contributed by atoms with Crippen molar-refractivity contribution in [3.05, 3.63) is 47.9 Å². The van der Waals surface area contributed by atoms with E-state index in [1.165, 1.54) is 0 Å². The van der Waals surface area contributed by atoms with E-state index in [-0.39, 0.29) is 6.04 Å². The molecule has 20 heavy (non-hydrogen) atoms. The van der Waals surface area contributed by atoms with Crippen molar-refractivity contribution in [3.8, 4) is 11.6 Å². The first-order valence-electron chi connectivity index (χ1n) is 6.22. The van der Waals surface area contributed by atoms with E-state index in [4.69, 9.17) is 15.3 Å². The van der Waals surface area contributed by atoms with Gasteiger partial charge in [-0.15, -0.1) is 0 Å². The van der Waals surface area contributed by atoms with E-state index in [1.807, 2.05) is 24.3 Å². The summed E-state index contributed by atoms with van der Waals surface area (Å²) < 4.78 is 10.3. The maximum absolute atomic E-state index is 5.64. The summed E-state index contributed by atoms with van der Waals surface area (Å²) in [6, 6.07) is 7.30. The van der Waals surface area contributed by atoms with Crippen LogP contribution in [0.3, 0.4) is 0 Å². The van der Waals surface area contributed by atoms with Gasteiger partial charge in [-0.25, -0.2) is 4.98 Å². The fraction of sp³-hybridized carbons (Fsp3) is 0.286. The van der Waals surface area contributed by atoms with Crippen molar-refractivity contribution in [2.24, 2.45) is 5.84 Å². The van der Waals surface area contributed by atoms with Crippen molar-refractivity contribution in [1.82, 2.24) is 15.4 Å². The molecular weight excluding hydrogens is 256 g/mol. The molecule has 0 bridgehead atoms. The zero-order chi connectivity index (χ0) is 14.4. The summed E-state index contributed by atoms with van der Waals surface area (Å²) in [5.74, 6) is 6.93. The Morgan fingerprint density at radius 3 is 2.65 bits per heavy atom. The largest absolute Gasteiger partial charge is 0.495 e. The molecule has 1 unspecified atom stereocenters. The molecule has 0 amide bonds. The Bertz CT molecular complexity index is 545. The summed E-state index contributed by atoms with van der Waals surface area (Å²) in [7, 11) is 3.20. The van der Waals surface area contributed by atoms with E-state index in [0.29, 0.717) is 18.1 Å². The average Bonchev–Trinajstić information content (AvgIpc) is 2.53. The molecule has 0 aliphatic carbocycles. The van der Waals surface area contributed by atoms with Crippen LogP contribution in [-0.4, -0.2) is 24.2 Å². The number of pyridine rings is 2. The monoisotopic (exact) mass is 274 g/mol. The van der Waals surface area contributed by atoms with E-state index >= 15 is 0 Å². The molecule has 1 atom stereocenters. The highest BCUT2D eigenvalue weighted by Gasteiger charge is 2.16. The zero-order valence-electron chi connectivity index (χ0n) is 11.5. The van der Waals surface area contributed by atoms with E-state index in [1.54, 1.807) is 26.6 Å². The van der Waals surface area contributed by atoms with Crippen LogP contribution in [0.1, 0.15) is 17.3 Å². The lowest BCUT2D eigenvalue weighted by Crippen LogP contribution is -2.30. The summed E-state index contributed by atoms with van der Waals surface area (Å²) in [6.45, 7) is 0. The topological polar surface area (TPSA) is 82.3 Å². The van der Waals surface area contributed by atoms with Crippen molar-refractivity contribution in [1.29, 1.82) is 0 Å². The van der Waals surface area contributed by atoms with Gasteiger partial charge in [0.05, 0.1) is 20.3 Å². The molecule has 0 aliphatic rings. The van der Waals surface area contributed by atoms with Crippen LogP contribution in [0.2, 0.25) is 0 Å². The summed E-state index contributed by atoms with van der Waals surface area (Å²) >= 11 is 0. The van der Waals surface area contributed by atoms with Crippen LogP contribution in [0.25, 0.3) is 0 Å². The molecule has 0 fully saturated rings. The van der Waals surface area contributed by atoms with Gasteiger partial charge in [0.15, 0.2) is 0 Å². The summed E-state index contributed by atoms with van der Waals surface area (Å²) in [5.41, 5.74) is 4.57. The normalized spacial score (nSPS) is 11.9. The number of ether oxygens (including phenoxy) is 2. The molecule has 0 saturated heterocycles. The Morgan fingerprint density at radius 1 is 1.20 bits per heavy atom. The number of hydrazine groups is 1. The fourth-order valence-corrected chi connectivity index (χ4v) is 1.96. The lowest BCUT2D eigenvalue weighted by atomic mass is 10.0. The van der Waals surface area contributed by atoms with Crippen LogP contribution in [0.15, 0.2) is 36.7 Å². The van der Waals surface area contributed by atoms with Crippen molar-refractivity contribution in [2.75, 3.05) is 14.2 Å². The molecule has 3 N–H and O–H groups in total. The fourth-order valence-electron chi connectivity index (χ4n) is 1.96. The molecule has 0 spiro atoms. The van der Waals surface area contributed by atoms with E-state index in [9.17, 15) is 0 Å². The molecule has 0 aromatic carbocycles. The van der Waals surface area contributed by atoms with Gasteiger partial charge in [-0.3, -0.25) is 16.3 Å². The molecule has 2 rings (SSSR count). The van der Waals surface area contributed by atoms with E-state index in [2.05, 4.69) is 15.4 Å². The van der Waals surface area contributed by atoms with Crippen molar-refractivity contribution >= 4 is 0 Å². The first-order valence-corrected chi connectivity index (χ1v) is 6.22. The van der Waals surface area contributed by atoms with Gasteiger partial charge < -0.3 is 9.47 Å². The molecule has 6 nitrogen and oxygen atoms in total. The van der Waals surface area contributed by atoms with Crippen molar-refractivity contribution in [3.63, 3.8) is 0 Å². The smallest absolute Gasteiger partial charge is 0.212 e. The first-order chi connectivity index (χ1) is 9.78. The quantitative estimate of drug-likeness (QED) is 0.609. The van der Waals surface area contributed by atoms with Crippen LogP contribution < -0.4 is 20.7 Å². The SMILES string of the molecule is COc1ccc(CC(NN)c2ncccc2OC)cn1. The third-order valence-electron chi connectivity index (χ3n) is 3.00. The van der Waals surface area contributed by atoms with E-state index < -0.39 is 0 Å². The van der Waals surface area contributed by atoms with Gasteiger partial charge >= 0.3 is 0 Å². The molecule has 2 aromatic rings. The molecule has 0 radical (unpaired) electrons.